The third-order valence-corrected chi connectivity index (χ3v) is 8.15. The number of hydrogen-bond donors (Lipinski definition) is 2. The predicted octanol–water partition coefficient (Wildman–Crippen LogP) is 10.8. The van der Waals surface area contributed by atoms with Crippen molar-refractivity contribution in [3.63, 3.8) is 0 Å². The van der Waals surface area contributed by atoms with Gasteiger partial charge in [-0.05, 0) is 44.9 Å². The van der Waals surface area contributed by atoms with Gasteiger partial charge in [0, 0.05) is 12.8 Å². The van der Waals surface area contributed by atoms with Gasteiger partial charge in [0.2, 0.25) is 0 Å². The summed E-state index contributed by atoms with van der Waals surface area (Å²) in [6.07, 6.45) is 41.9. The lowest BCUT2D eigenvalue weighted by atomic mass is 10.0. The molecule has 0 aliphatic carbocycles. The van der Waals surface area contributed by atoms with Gasteiger partial charge in [0.25, 0.3) is 0 Å². The van der Waals surface area contributed by atoms with Crippen LogP contribution in [-0.4, -0.2) is 47.6 Å². The Morgan fingerprint density at radius 3 is 1.57 bits per heavy atom. The van der Waals surface area contributed by atoms with Crippen LogP contribution in [-0.2, 0) is 19.1 Å². The molecule has 0 fully saturated rings. The molecule has 0 saturated carbocycles. The van der Waals surface area contributed by atoms with Gasteiger partial charge in [0.15, 0.2) is 0 Å². The van der Waals surface area contributed by atoms with Crippen LogP contribution in [0.25, 0.3) is 0 Å². The van der Waals surface area contributed by atoms with Crippen molar-refractivity contribution in [3.05, 3.63) is 48.6 Å². The molecule has 47 heavy (non-hydrogen) atoms. The highest BCUT2D eigenvalue weighted by molar-refractivity contribution is 5.69. The summed E-state index contributed by atoms with van der Waals surface area (Å²) in [4.78, 5) is 23.9. The molecule has 0 aliphatic rings. The van der Waals surface area contributed by atoms with Crippen LogP contribution in [0.4, 0.5) is 0 Å². The van der Waals surface area contributed by atoms with E-state index in [2.05, 4.69) is 32.1 Å². The summed E-state index contributed by atoms with van der Waals surface area (Å²) in [5.41, 5.74) is 0. The predicted molar refractivity (Wildman–Crippen MR) is 197 cm³/mol. The maximum atomic E-state index is 12.0. The summed E-state index contributed by atoms with van der Waals surface area (Å²) in [6, 6.07) is 0. The summed E-state index contributed by atoms with van der Waals surface area (Å²) in [6.45, 7) is 4.14. The van der Waals surface area contributed by atoms with Crippen LogP contribution in [0.1, 0.15) is 174 Å². The van der Waals surface area contributed by atoms with E-state index in [0.29, 0.717) is 25.7 Å². The first-order valence-corrected chi connectivity index (χ1v) is 19.3. The molecule has 6 heteroatoms. The van der Waals surface area contributed by atoms with Crippen molar-refractivity contribution in [2.75, 3.05) is 13.2 Å². The van der Waals surface area contributed by atoms with Crippen LogP contribution < -0.4 is 0 Å². The summed E-state index contributed by atoms with van der Waals surface area (Å²) < 4.78 is 10.2. The number of allylic oxidation sites excluding steroid dienone is 6. The molecule has 0 spiro atoms. The molecular weight excluding hydrogens is 588 g/mol. The lowest BCUT2D eigenvalue weighted by molar-refractivity contribution is -0.152. The van der Waals surface area contributed by atoms with E-state index in [1.807, 2.05) is 24.3 Å². The highest BCUT2D eigenvalue weighted by atomic mass is 16.6. The molecule has 0 radical (unpaired) electrons. The van der Waals surface area contributed by atoms with Crippen molar-refractivity contribution in [2.24, 2.45) is 0 Å². The number of rotatable bonds is 34. The number of aliphatic hydroxyl groups excluding tert-OH is 2. The molecule has 1 unspecified atom stereocenters. The number of carbonyl (C=O) groups excluding carboxylic acids is 2. The fraction of sp³-hybridized carbons (Fsp3) is 0.756. The van der Waals surface area contributed by atoms with E-state index in [1.165, 1.54) is 96.3 Å². The van der Waals surface area contributed by atoms with Crippen LogP contribution in [0.2, 0.25) is 0 Å². The maximum Gasteiger partial charge on any atom is 0.305 e. The third-order valence-electron chi connectivity index (χ3n) is 8.15. The molecule has 0 rings (SSSR count). The van der Waals surface area contributed by atoms with E-state index in [-0.39, 0.29) is 31.6 Å². The molecule has 0 aromatic rings. The Balaban J connectivity index is 3.62. The molecule has 0 aromatic carbocycles. The average molecular weight is 661 g/mol. The van der Waals surface area contributed by atoms with E-state index in [0.717, 1.165) is 32.1 Å². The molecule has 272 valence electrons. The van der Waals surface area contributed by atoms with Crippen molar-refractivity contribution in [3.8, 4) is 0 Å². The zero-order valence-corrected chi connectivity index (χ0v) is 30.4. The Bertz CT molecular complexity index is 815. The Morgan fingerprint density at radius 2 is 1.00 bits per heavy atom. The molecule has 0 saturated heterocycles. The molecule has 6 nitrogen and oxygen atoms in total. The lowest BCUT2D eigenvalue weighted by Gasteiger charge is -2.12. The van der Waals surface area contributed by atoms with Crippen molar-refractivity contribution in [1.29, 1.82) is 0 Å². The van der Waals surface area contributed by atoms with E-state index >= 15 is 0 Å². The summed E-state index contributed by atoms with van der Waals surface area (Å²) in [5, 5.41) is 20.0. The van der Waals surface area contributed by atoms with Crippen LogP contribution in [0, 0.1) is 0 Å². The van der Waals surface area contributed by atoms with Gasteiger partial charge in [-0.25, -0.2) is 0 Å². The summed E-state index contributed by atoms with van der Waals surface area (Å²) in [5.74, 6) is -0.689. The minimum atomic E-state index is -1.01. The highest BCUT2D eigenvalue weighted by Gasteiger charge is 2.12. The first kappa shape index (κ1) is 44.8. The van der Waals surface area contributed by atoms with Crippen molar-refractivity contribution >= 4 is 11.9 Å². The highest BCUT2D eigenvalue weighted by Crippen LogP contribution is 2.14. The number of hydrogen-bond acceptors (Lipinski definition) is 6. The van der Waals surface area contributed by atoms with Crippen LogP contribution in [0.3, 0.4) is 0 Å². The topological polar surface area (TPSA) is 93.1 Å². The second-order valence-corrected chi connectivity index (χ2v) is 12.9. The SMILES string of the molecule is CCCCC/C=C\C/C=C\CC(O)/C=C\C=C\CCCC(=O)OC[C@@H](O)COC(=O)CCCCCCCCCCCCCCCCC. The van der Waals surface area contributed by atoms with Gasteiger partial charge in [-0.3, -0.25) is 9.59 Å². The van der Waals surface area contributed by atoms with Crippen molar-refractivity contribution in [1.82, 2.24) is 0 Å². The van der Waals surface area contributed by atoms with Gasteiger partial charge < -0.3 is 19.7 Å². The molecule has 2 atom stereocenters. The van der Waals surface area contributed by atoms with Gasteiger partial charge in [-0.2, -0.15) is 0 Å². The zero-order valence-electron chi connectivity index (χ0n) is 30.4. The first-order chi connectivity index (χ1) is 23.0. The Morgan fingerprint density at radius 1 is 0.532 bits per heavy atom. The Kier molecular flexibility index (Phi) is 35.0. The minimum absolute atomic E-state index is 0.155. The molecule has 2 N–H and O–H groups in total. The van der Waals surface area contributed by atoms with E-state index in [4.69, 9.17) is 9.47 Å². The average Bonchev–Trinajstić information content (AvgIpc) is 3.06. The maximum absolute atomic E-state index is 12.0. The van der Waals surface area contributed by atoms with E-state index < -0.39 is 12.2 Å². The zero-order chi connectivity index (χ0) is 34.5. The monoisotopic (exact) mass is 661 g/mol. The van der Waals surface area contributed by atoms with Crippen molar-refractivity contribution in [2.45, 2.75) is 187 Å². The minimum Gasteiger partial charge on any atom is -0.463 e. The fourth-order valence-electron chi connectivity index (χ4n) is 5.16. The Hall–Kier alpha value is -2.18. The molecule has 0 bridgehead atoms. The molecule has 0 aliphatic heterocycles. The molecule has 0 amide bonds. The van der Waals surface area contributed by atoms with Crippen LogP contribution >= 0.6 is 0 Å². The van der Waals surface area contributed by atoms with Gasteiger partial charge in [0.05, 0.1) is 6.10 Å². The fourth-order valence-corrected chi connectivity index (χ4v) is 5.16. The Labute approximate surface area is 289 Å². The summed E-state index contributed by atoms with van der Waals surface area (Å²) >= 11 is 0. The number of ether oxygens (including phenoxy) is 2. The van der Waals surface area contributed by atoms with Gasteiger partial charge in [-0.1, -0.05) is 165 Å². The molecule has 0 heterocycles. The normalized spacial score (nSPS) is 13.4. The first-order valence-electron chi connectivity index (χ1n) is 19.3. The smallest absolute Gasteiger partial charge is 0.305 e. The molecular formula is C41H72O6. The van der Waals surface area contributed by atoms with Gasteiger partial charge >= 0.3 is 11.9 Å². The van der Waals surface area contributed by atoms with Crippen molar-refractivity contribution < 1.29 is 29.3 Å². The standard InChI is InChI=1S/C41H72O6/c1-3-5-7-9-11-13-14-15-16-17-18-20-22-26-30-34-40(44)46-36-39(43)37-47-41(45)35-31-27-23-25-29-33-38(42)32-28-24-21-19-12-10-8-6-4-2/h12,19,23-25,28-29,33,38-39,42-43H,3-11,13-18,20-22,26-27,30-32,34-37H2,1-2H3/b19-12-,25-23+,28-24-,33-29-/t38?,39-/m0/s1. The number of aliphatic hydroxyl groups is 2. The molecule has 0 aromatic heterocycles. The van der Waals surface area contributed by atoms with Gasteiger partial charge in [0.1, 0.15) is 19.3 Å². The number of carbonyl (C=O) groups is 2. The lowest BCUT2D eigenvalue weighted by Crippen LogP contribution is -2.25. The second kappa shape index (κ2) is 36.7. The van der Waals surface area contributed by atoms with E-state index in [1.54, 1.807) is 6.08 Å². The van der Waals surface area contributed by atoms with Crippen LogP contribution in [0.5, 0.6) is 0 Å². The van der Waals surface area contributed by atoms with Crippen LogP contribution in [0.15, 0.2) is 48.6 Å². The summed E-state index contributed by atoms with van der Waals surface area (Å²) in [7, 11) is 0. The van der Waals surface area contributed by atoms with E-state index in [9.17, 15) is 19.8 Å². The van der Waals surface area contributed by atoms with Gasteiger partial charge in [-0.15, -0.1) is 0 Å². The quantitative estimate of drug-likeness (QED) is 0.0309. The second-order valence-electron chi connectivity index (χ2n) is 12.9. The third kappa shape index (κ3) is 36.5. The number of unbranched alkanes of at least 4 members (excludes halogenated alkanes) is 18. The number of esters is 2. The largest absolute Gasteiger partial charge is 0.463 e.